The van der Waals surface area contributed by atoms with Crippen LogP contribution in [0.25, 0.3) is 0 Å². The van der Waals surface area contributed by atoms with Gasteiger partial charge in [-0.25, -0.2) is 8.42 Å². The normalized spacial score (nSPS) is 13.6. The SMILES string of the molecule is CCC(C(=O)Nc1ccc2c(c1)OCO2)N(c1cccc([N+](=O)[O-])c1)S(C)(=O)=O. The molecule has 1 aliphatic heterocycles. The molecule has 1 atom stereocenters. The molecule has 0 saturated carbocycles. The van der Waals surface area contributed by atoms with Crippen LogP contribution in [0.5, 0.6) is 11.5 Å². The Morgan fingerprint density at radius 3 is 2.62 bits per heavy atom. The van der Waals surface area contributed by atoms with E-state index in [1.165, 1.54) is 18.2 Å². The molecule has 0 fully saturated rings. The Labute approximate surface area is 167 Å². The number of hydrogen-bond donors (Lipinski definition) is 1. The number of nitro groups is 1. The molecular weight excluding hydrogens is 402 g/mol. The van der Waals surface area contributed by atoms with Crippen LogP contribution in [0.3, 0.4) is 0 Å². The number of benzene rings is 2. The number of amides is 1. The van der Waals surface area contributed by atoms with Crippen molar-refractivity contribution in [3.8, 4) is 11.5 Å². The molecule has 0 aliphatic carbocycles. The van der Waals surface area contributed by atoms with E-state index in [2.05, 4.69) is 5.32 Å². The summed E-state index contributed by atoms with van der Waals surface area (Å²) < 4.78 is 36.3. The minimum atomic E-state index is -3.91. The van der Waals surface area contributed by atoms with Crippen LogP contribution in [0.1, 0.15) is 13.3 Å². The maximum atomic E-state index is 12.9. The van der Waals surface area contributed by atoms with Gasteiger partial charge in [-0.15, -0.1) is 0 Å². The molecule has 1 aliphatic rings. The number of fused-ring (bicyclic) bond motifs is 1. The fraction of sp³-hybridized carbons (Fsp3) is 0.278. The first-order valence-corrected chi connectivity index (χ1v) is 10.5. The molecule has 0 radical (unpaired) electrons. The summed E-state index contributed by atoms with van der Waals surface area (Å²) in [4.78, 5) is 23.3. The predicted octanol–water partition coefficient (Wildman–Crippen LogP) is 2.51. The summed E-state index contributed by atoms with van der Waals surface area (Å²) in [6, 6.07) is 8.85. The topological polar surface area (TPSA) is 128 Å². The Hall–Kier alpha value is -3.34. The second-order valence-corrected chi connectivity index (χ2v) is 8.18. The van der Waals surface area contributed by atoms with Gasteiger partial charge in [-0.2, -0.15) is 0 Å². The molecule has 0 bridgehead atoms. The van der Waals surface area contributed by atoms with E-state index in [-0.39, 0.29) is 24.6 Å². The fourth-order valence-electron chi connectivity index (χ4n) is 3.00. The summed E-state index contributed by atoms with van der Waals surface area (Å²) in [5, 5.41) is 13.7. The van der Waals surface area contributed by atoms with E-state index in [9.17, 15) is 23.3 Å². The standard InChI is InChI=1S/C18H19N3O7S/c1-3-15(18(22)19-12-7-8-16-17(9-12)28-11-27-16)20(29(2,25)26)13-5-4-6-14(10-13)21(23)24/h4-10,15H,3,11H2,1-2H3,(H,19,22). The molecule has 0 saturated heterocycles. The van der Waals surface area contributed by atoms with Gasteiger partial charge in [-0.3, -0.25) is 19.2 Å². The summed E-state index contributed by atoms with van der Waals surface area (Å²) in [5.74, 6) is 0.433. The van der Waals surface area contributed by atoms with Crippen LogP contribution in [-0.2, 0) is 14.8 Å². The van der Waals surface area contributed by atoms with Crippen LogP contribution in [0, 0.1) is 10.1 Å². The van der Waals surface area contributed by atoms with Crippen LogP contribution in [0.4, 0.5) is 17.1 Å². The minimum absolute atomic E-state index is 0.0365. The molecular formula is C18H19N3O7S. The van der Waals surface area contributed by atoms with Crippen LogP contribution in [0.15, 0.2) is 42.5 Å². The largest absolute Gasteiger partial charge is 0.454 e. The number of ether oxygens (including phenoxy) is 2. The lowest BCUT2D eigenvalue weighted by molar-refractivity contribution is -0.384. The van der Waals surface area contributed by atoms with Crippen molar-refractivity contribution in [2.75, 3.05) is 22.7 Å². The zero-order chi connectivity index (χ0) is 21.2. The van der Waals surface area contributed by atoms with Gasteiger partial charge >= 0.3 is 0 Å². The molecule has 29 heavy (non-hydrogen) atoms. The lowest BCUT2D eigenvalue weighted by Crippen LogP contribution is -2.47. The van der Waals surface area contributed by atoms with E-state index in [1.807, 2.05) is 0 Å². The number of nitrogens with one attached hydrogen (secondary N) is 1. The van der Waals surface area contributed by atoms with E-state index in [1.54, 1.807) is 25.1 Å². The van der Waals surface area contributed by atoms with Crippen molar-refractivity contribution in [1.82, 2.24) is 0 Å². The van der Waals surface area contributed by atoms with Gasteiger partial charge in [0.15, 0.2) is 11.5 Å². The average molecular weight is 421 g/mol. The van der Waals surface area contributed by atoms with Gasteiger partial charge in [0, 0.05) is 23.9 Å². The monoisotopic (exact) mass is 421 g/mol. The molecule has 10 nitrogen and oxygen atoms in total. The summed E-state index contributed by atoms with van der Waals surface area (Å²) in [5.41, 5.74) is 0.168. The van der Waals surface area contributed by atoms with Gasteiger partial charge in [0.2, 0.25) is 22.7 Å². The number of sulfonamides is 1. The Balaban J connectivity index is 1.92. The number of nitrogens with zero attached hydrogens (tertiary/aromatic N) is 2. The number of rotatable bonds is 7. The number of nitro benzene ring substituents is 1. The molecule has 2 aromatic carbocycles. The molecule has 0 aromatic heterocycles. The second-order valence-electron chi connectivity index (χ2n) is 6.32. The highest BCUT2D eigenvalue weighted by Gasteiger charge is 2.32. The van der Waals surface area contributed by atoms with Gasteiger partial charge in [0.05, 0.1) is 16.9 Å². The van der Waals surface area contributed by atoms with Crippen molar-refractivity contribution < 1.29 is 27.6 Å². The highest BCUT2D eigenvalue weighted by molar-refractivity contribution is 7.92. The first-order valence-electron chi connectivity index (χ1n) is 8.65. The number of carbonyl (C=O) groups is 1. The molecule has 1 amide bonds. The van der Waals surface area contributed by atoms with E-state index in [0.29, 0.717) is 17.2 Å². The minimum Gasteiger partial charge on any atom is -0.454 e. The zero-order valence-electron chi connectivity index (χ0n) is 15.7. The first kappa shape index (κ1) is 20.4. The summed E-state index contributed by atoms with van der Waals surface area (Å²) >= 11 is 0. The Morgan fingerprint density at radius 1 is 1.24 bits per heavy atom. The lowest BCUT2D eigenvalue weighted by atomic mass is 10.1. The van der Waals surface area contributed by atoms with Gasteiger partial charge in [-0.1, -0.05) is 13.0 Å². The average Bonchev–Trinajstić information content (AvgIpc) is 3.12. The number of anilines is 2. The molecule has 1 unspecified atom stereocenters. The lowest BCUT2D eigenvalue weighted by Gasteiger charge is -2.30. The summed E-state index contributed by atoms with van der Waals surface area (Å²) in [7, 11) is -3.91. The number of carbonyl (C=O) groups excluding carboxylic acids is 1. The molecule has 2 aromatic rings. The van der Waals surface area contributed by atoms with Crippen LogP contribution in [0.2, 0.25) is 0 Å². The molecule has 1 N–H and O–H groups in total. The third-order valence-corrected chi connectivity index (χ3v) is 5.44. The number of hydrogen-bond acceptors (Lipinski definition) is 7. The predicted molar refractivity (Wildman–Crippen MR) is 106 cm³/mol. The van der Waals surface area contributed by atoms with Gasteiger partial charge in [0.25, 0.3) is 5.69 Å². The van der Waals surface area contributed by atoms with Gasteiger partial charge in [0.1, 0.15) is 6.04 Å². The summed E-state index contributed by atoms with van der Waals surface area (Å²) in [6.45, 7) is 1.73. The van der Waals surface area contributed by atoms with E-state index in [4.69, 9.17) is 9.47 Å². The second kappa shape index (κ2) is 7.95. The van der Waals surface area contributed by atoms with Gasteiger partial charge < -0.3 is 14.8 Å². The van der Waals surface area contributed by atoms with Crippen LogP contribution < -0.4 is 19.1 Å². The molecule has 154 valence electrons. The third kappa shape index (κ3) is 4.40. The van der Waals surface area contributed by atoms with Crippen LogP contribution >= 0.6 is 0 Å². The first-order chi connectivity index (χ1) is 13.7. The fourth-order valence-corrected chi connectivity index (χ4v) is 4.21. The van der Waals surface area contributed by atoms with E-state index < -0.39 is 26.9 Å². The quantitative estimate of drug-likeness (QED) is 0.537. The van der Waals surface area contributed by atoms with Crippen molar-refractivity contribution in [1.29, 1.82) is 0 Å². The zero-order valence-corrected chi connectivity index (χ0v) is 16.5. The van der Waals surface area contributed by atoms with E-state index >= 15 is 0 Å². The highest BCUT2D eigenvalue weighted by atomic mass is 32.2. The van der Waals surface area contributed by atoms with Gasteiger partial charge in [-0.05, 0) is 24.6 Å². The summed E-state index contributed by atoms with van der Waals surface area (Å²) in [6.07, 6.45) is 1.09. The van der Waals surface area contributed by atoms with Crippen molar-refractivity contribution >= 4 is 33.0 Å². The maximum Gasteiger partial charge on any atom is 0.271 e. The van der Waals surface area contributed by atoms with Crippen molar-refractivity contribution in [3.05, 3.63) is 52.6 Å². The van der Waals surface area contributed by atoms with Crippen molar-refractivity contribution in [3.63, 3.8) is 0 Å². The Morgan fingerprint density at radius 2 is 1.97 bits per heavy atom. The molecule has 3 rings (SSSR count). The van der Waals surface area contributed by atoms with Crippen molar-refractivity contribution in [2.45, 2.75) is 19.4 Å². The van der Waals surface area contributed by atoms with E-state index in [0.717, 1.165) is 16.6 Å². The van der Waals surface area contributed by atoms with Crippen molar-refractivity contribution in [2.24, 2.45) is 0 Å². The number of non-ortho nitro benzene ring substituents is 1. The molecule has 1 heterocycles. The highest BCUT2D eigenvalue weighted by Crippen LogP contribution is 2.34. The molecule has 0 spiro atoms. The smallest absolute Gasteiger partial charge is 0.271 e. The molecule has 11 heteroatoms. The Bertz CT molecular complexity index is 1060. The third-order valence-electron chi connectivity index (χ3n) is 4.26. The Kier molecular flexibility index (Phi) is 5.59. The maximum absolute atomic E-state index is 12.9. The van der Waals surface area contributed by atoms with Crippen LogP contribution in [-0.4, -0.2) is 38.3 Å².